The molecule has 0 spiro atoms. The van der Waals surface area contributed by atoms with E-state index in [0.717, 1.165) is 18.2 Å². The predicted octanol–water partition coefficient (Wildman–Crippen LogP) is 3.17. The first kappa shape index (κ1) is 12.9. The van der Waals surface area contributed by atoms with Gasteiger partial charge < -0.3 is 0 Å². The van der Waals surface area contributed by atoms with Crippen LogP contribution < -0.4 is 0 Å². The van der Waals surface area contributed by atoms with Crippen molar-refractivity contribution in [3.8, 4) is 0 Å². The Bertz CT molecular complexity index is 590. The largest absolute Gasteiger partial charge is 0.287 e. The van der Waals surface area contributed by atoms with E-state index in [1.807, 2.05) is 6.92 Å². The van der Waals surface area contributed by atoms with Crippen molar-refractivity contribution in [2.24, 2.45) is 0 Å². The number of carbonyl (C=O) groups is 1. The molecule has 0 aliphatic heterocycles. The molecule has 0 atom stereocenters. The third-order valence-corrected chi connectivity index (χ3v) is 3.01. The molecule has 2 aromatic rings. The molecule has 2 rings (SSSR count). The fraction of sp³-hybridized carbons (Fsp3) is 0.167. The Labute approximate surface area is 111 Å². The maximum atomic E-state index is 13.1. The molecule has 1 heterocycles. The van der Waals surface area contributed by atoms with Gasteiger partial charge in [-0.25, -0.2) is 8.78 Å². The summed E-state index contributed by atoms with van der Waals surface area (Å²) in [5.74, 6) is -2.03. The third kappa shape index (κ3) is 2.33. The lowest BCUT2D eigenvalue weighted by atomic mass is 10.1. The number of aryl methyl sites for hydroxylation is 1. The molecule has 0 saturated carbocycles. The molecule has 0 unspecified atom stereocenters. The molecule has 18 heavy (non-hydrogen) atoms. The van der Waals surface area contributed by atoms with E-state index in [4.69, 9.17) is 0 Å². The first-order valence-electron chi connectivity index (χ1n) is 5.25. The Morgan fingerprint density at radius 1 is 1.33 bits per heavy atom. The minimum atomic E-state index is -0.781. The number of hydrogen-bond acceptors (Lipinski definition) is 2. The zero-order chi connectivity index (χ0) is 13.3. The van der Waals surface area contributed by atoms with Gasteiger partial charge >= 0.3 is 0 Å². The Morgan fingerprint density at radius 3 is 2.50 bits per heavy atom. The van der Waals surface area contributed by atoms with Crippen LogP contribution >= 0.6 is 15.9 Å². The highest BCUT2D eigenvalue weighted by atomic mass is 79.9. The van der Waals surface area contributed by atoms with Gasteiger partial charge in [0.1, 0.15) is 17.3 Å². The summed E-state index contributed by atoms with van der Waals surface area (Å²) in [5.41, 5.74) is 0.242. The van der Waals surface area contributed by atoms with Gasteiger partial charge in [-0.2, -0.15) is 5.10 Å². The summed E-state index contributed by atoms with van der Waals surface area (Å²) in [6, 6.07) is 2.73. The van der Waals surface area contributed by atoms with E-state index < -0.39 is 17.4 Å². The summed E-state index contributed by atoms with van der Waals surface area (Å²) in [4.78, 5) is 12.2. The molecule has 1 aromatic carbocycles. The number of carbonyl (C=O) groups excluding carboxylic acids is 1. The average molecular weight is 315 g/mol. The highest BCUT2D eigenvalue weighted by molar-refractivity contribution is 9.10. The van der Waals surface area contributed by atoms with Gasteiger partial charge in [0.2, 0.25) is 5.78 Å². The number of rotatable bonds is 3. The maximum Gasteiger partial charge on any atom is 0.212 e. The molecule has 0 bridgehead atoms. The van der Waals surface area contributed by atoms with Crippen LogP contribution in [0, 0.1) is 11.6 Å². The van der Waals surface area contributed by atoms with Gasteiger partial charge in [-0.05, 0) is 35.0 Å². The number of aromatic nitrogens is 2. The molecule has 6 heteroatoms. The Hall–Kier alpha value is -1.56. The van der Waals surface area contributed by atoms with Gasteiger partial charge in [0.15, 0.2) is 0 Å². The van der Waals surface area contributed by atoms with E-state index in [2.05, 4.69) is 21.0 Å². The predicted molar refractivity (Wildman–Crippen MR) is 65.4 cm³/mol. The van der Waals surface area contributed by atoms with Crippen LogP contribution in [0.1, 0.15) is 23.0 Å². The lowest BCUT2D eigenvalue weighted by Crippen LogP contribution is -2.11. The number of hydrogen-bond donors (Lipinski definition) is 0. The highest BCUT2D eigenvalue weighted by Gasteiger charge is 2.19. The van der Waals surface area contributed by atoms with Gasteiger partial charge in [-0.3, -0.25) is 9.48 Å². The van der Waals surface area contributed by atoms with Crippen molar-refractivity contribution < 1.29 is 13.6 Å². The van der Waals surface area contributed by atoms with Gasteiger partial charge in [0, 0.05) is 18.2 Å². The normalized spacial score (nSPS) is 10.7. The van der Waals surface area contributed by atoms with Crippen LogP contribution in [-0.4, -0.2) is 15.6 Å². The zero-order valence-electron chi connectivity index (χ0n) is 9.45. The van der Waals surface area contributed by atoms with Crippen molar-refractivity contribution in [3.05, 3.63) is 51.8 Å². The molecule has 3 nitrogen and oxygen atoms in total. The summed E-state index contributed by atoms with van der Waals surface area (Å²) in [5, 5.41) is 3.99. The van der Waals surface area contributed by atoms with Crippen molar-refractivity contribution in [1.29, 1.82) is 0 Å². The topological polar surface area (TPSA) is 34.9 Å². The standard InChI is InChI=1S/C12H9BrF2N2O/c1-2-17-11(10(13)6-16-17)12(18)7-3-8(14)5-9(15)4-7/h3-6H,2H2,1H3. The van der Waals surface area contributed by atoms with Crippen molar-refractivity contribution >= 4 is 21.7 Å². The Balaban J connectivity index is 2.50. The van der Waals surface area contributed by atoms with Crippen molar-refractivity contribution in [2.45, 2.75) is 13.5 Å². The number of halogens is 3. The summed E-state index contributed by atoms with van der Waals surface area (Å²) < 4.78 is 28.1. The SMILES string of the molecule is CCn1ncc(Br)c1C(=O)c1cc(F)cc(F)c1. The lowest BCUT2D eigenvalue weighted by Gasteiger charge is -2.05. The number of ketones is 1. The van der Waals surface area contributed by atoms with Crippen LogP contribution in [0.15, 0.2) is 28.9 Å². The second-order valence-electron chi connectivity index (χ2n) is 3.64. The Morgan fingerprint density at radius 2 is 1.94 bits per heavy atom. The summed E-state index contributed by atoms with van der Waals surface area (Å²) in [7, 11) is 0. The van der Waals surface area contributed by atoms with E-state index in [0.29, 0.717) is 11.0 Å². The third-order valence-electron chi connectivity index (χ3n) is 2.43. The van der Waals surface area contributed by atoms with E-state index in [1.165, 1.54) is 10.9 Å². The first-order valence-corrected chi connectivity index (χ1v) is 6.04. The molecule has 0 N–H and O–H groups in total. The van der Waals surface area contributed by atoms with Crippen LogP contribution in [0.3, 0.4) is 0 Å². The second-order valence-corrected chi connectivity index (χ2v) is 4.50. The fourth-order valence-electron chi connectivity index (χ4n) is 1.65. The summed E-state index contributed by atoms with van der Waals surface area (Å²) >= 11 is 3.20. The van der Waals surface area contributed by atoms with Crippen LogP contribution in [0.4, 0.5) is 8.78 Å². The Kier molecular flexibility index (Phi) is 3.56. The monoisotopic (exact) mass is 314 g/mol. The van der Waals surface area contributed by atoms with Gasteiger partial charge in [0.05, 0.1) is 10.7 Å². The molecule has 94 valence electrons. The van der Waals surface area contributed by atoms with Crippen LogP contribution in [0.2, 0.25) is 0 Å². The minimum absolute atomic E-state index is 0.0385. The summed E-state index contributed by atoms with van der Waals surface area (Å²) in [6.07, 6.45) is 1.48. The van der Waals surface area contributed by atoms with Crippen molar-refractivity contribution in [1.82, 2.24) is 9.78 Å². The van der Waals surface area contributed by atoms with E-state index in [1.54, 1.807) is 0 Å². The maximum absolute atomic E-state index is 13.1. The molecule has 0 radical (unpaired) electrons. The molecule has 0 saturated heterocycles. The molecular weight excluding hydrogens is 306 g/mol. The van der Waals surface area contributed by atoms with Crippen molar-refractivity contribution in [2.75, 3.05) is 0 Å². The first-order chi connectivity index (χ1) is 8.52. The molecule has 0 fully saturated rings. The van der Waals surface area contributed by atoms with Crippen molar-refractivity contribution in [3.63, 3.8) is 0 Å². The zero-order valence-corrected chi connectivity index (χ0v) is 11.0. The van der Waals surface area contributed by atoms with Gasteiger partial charge in [0.25, 0.3) is 0 Å². The quantitative estimate of drug-likeness (QED) is 0.816. The van der Waals surface area contributed by atoms with Crippen LogP contribution in [0.25, 0.3) is 0 Å². The molecule has 0 aliphatic rings. The second kappa shape index (κ2) is 4.97. The molecule has 0 aliphatic carbocycles. The van der Waals surface area contributed by atoms with E-state index >= 15 is 0 Å². The van der Waals surface area contributed by atoms with Gasteiger partial charge in [-0.1, -0.05) is 0 Å². The smallest absolute Gasteiger partial charge is 0.212 e. The minimum Gasteiger partial charge on any atom is -0.287 e. The average Bonchev–Trinajstić information content (AvgIpc) is 2.68. The van der Waals surface area contributed by atoms with E-state index in [-0.39, 0.29) is 11.3 Å². The van der Waals surface area contributed by atoms with Gasteiger partial charge in [-0.15, -0.1) is 0 Å². The number of nitrogens with zero attached hydrogens (tertiary/aromatic N) is 2. The molecular formula is C12H9BrF2N2O. The van der Waals surface area contributed by atoms with Crippen LogP contribution in [0.5, 0.6) is 0 Å². The van der Waals surface area contributed by atoms with Crippen LogP contribution in [-0.2, 0) is 6.54 Å². The molecule has 0 amide bonds. The fourth-order valence-corrected chi connectivity index (χ4v) is 2.13. The summed E-state index contributed by atoms with van der Waals surface area (Å²) in [6.45, 7) is 2.31. The number of benzene rings is 1. The highest BCUT2D eigenvalue weighted by Crippen LogP contribution is 2.21. The molecule has 1 aromatic heterocycles. The lowest BCUT2D eigenvalue weighted by molar-refractivity contribution is 0.102. The van der Waals surface area contributed by atoms with E-state index in [9.17, 15) is 13.6 Å².